The van der Waals surface area contributed by atoms with E-state index in [9.17, 15) is 4.39 Å². The van der Waals surface area contributed by atoms with E-state index in [2.05, 4.69) is 4.98 Å². The lowest BCUT2D eigenvalue weighted by molar-refractivity contribution is 0.447. The molecule has 2 N–H and O–H groups in total. The van der Waals surface area contributed by atoms with Crippen LogP contribution in [0.4, 0.5) is 10.1 Å². The van der Waals surface area contributed by atoms with Gasteiger partial charge in [0.2, 0.25) is 0 Å². The normalized spacial score (nSPS) is 10.7. The van der Waals surface area contributed by atoms with E-state index >= 15 is 0 Å². The van der Waals surface area contributed by atoms with Crippen LogP contribution in [0.15, 0.2) is 48.7 Å². The summed E-state index contributed by atoms with van der Waals surface area (Å²) in [6.45, 7) is 1.98. The molecule has 100 valence electrons. The lowest BCUT2D eigenvalue weighted by Gasteiger charge is -2.11. The van der Waals surface area contributed by atoms with Gasteiger partial charge in [-0.05, 0) is 31.2 Å². The summed E-state index contributed by atoms with van der Waals surface area (Å²) in [5.41, 5.74) is 7.68. The lowest BCUT2D eigenvalue weighted by atomic mass is 10.1. The molecule has 1 heterocycles. The molecule has 0 atom stereocenters. The third kappa shape index (κ3) is 2.16. The smallest absolute Gasteiger partial charge is 0.189 e. The summed E-state index contributed by atoms with van der Waals surface area (Å²) < 4.78 is 19.7. The molecule has 0 saturated carbocycles. The second-order valence-corrected chi connectivity index (χ2v) is 4.59. The molecule has 20 heavy (non-hydrogen) atoms. The Balaban J connectivity index is 2.13. The molecule has 3 nitrogen and oxygen atoms in total. The second kappa shape index (κ2) is 4.81. The zero-order chi connectivity index (χ0) is 14.1. The number of hydrogen-bond donors (Lipinski definition) is 1. The maximum atomic E-state index is 14.1. The number of ether oxygens (including phenoxy) is 1. The van der Waals surface area contributed by atoms with Crippen molar-refractivity contribution < 1.29 is 9.13 Å². The van der Waals surface area contributed by atoms with Gasteiger partial charge in [0.15, 0.2) is 11.6 Å². The molecular formula is C16H13FN2O. The topological polar surface area (TPSA) is 48.1 Å². The quantitative estimate of drug-likeness (QED) is 0.713. The molecule has 3 rings (SSSR count). The van der Waals surface area contributed by atoms with E-state index in [1.807, 2.05) is 19.1 Å². The minimum atomic E-state index is -0.519. The molecule has 0 bridgehead atoms. The first kappa shape index (κ1) is 12.4. The lowest BCUT2D eigenvalue weighted by Crippen LogP contribution is -1.96. The highest BCUT2D eigenvalue weighted by Crippen LogP contribution is 2.34. The van der Waals surface area contributed by atoms with Crippen molar-refractivity contribution in [1.82, 2.24) is 4.98 Å². The summed E-state index contributed by atoms with van der Waals surface area (Å²) >= 11 is 0. The van der Waals surface area contributed by atoms with Gasteiger partial charge in [0, 0.05) is 23.3 Å². The van der Waals surface area contributed by atoms with Gasteiger partial charge < -0.3 is 10.5 Å². The van der Waals surface area contributed by atoms with E-state index in [1.54, 1.807) is 30.5 Å². The number of rotatable bonds is 2. The molecule has 0 spiro atoms. The Kier molecular flexibility index (Phi) is 2.99. The van der Waals surface area contributed by atoms with Crippen LogP contribution in [-0.2, 0) is 0 Å². The van der Waals surface area contributed by atoms with Crippen molar-refractivity contribution in [3.05, 3.63) is 60.0 Å². The Labute approximate surface area is 115 Å². The number of aryl methyl sites for hydroxylation is 1. The SMILES string of the molecule is Cc1ccc(Oc2c(F)cc(N)c3cccnc23)cc1. The summed E-state index contributed by atoms with van der Waals surface area (Å²) in [5.74, 6) is 0.138. The summed E-state index contributed by atoms with van der Waals surface area (Å²) in [5, 5.41) is 0.677. The van der Waals surface area contributed by atoms with E-state index in [1.165, 1.54) is 6.07 Å². The molecule has 0 aliphatic rings. The molecule has 0 aliphatic heterocycles. The number of anilines is 1. The van der Waals surface area contributed by atoms with Gasteiger partial charge in [-0.25, -0.2) is 4.39 Å². The fourth-order valence-corrected chi connectivity index (χ4v) is 2.03. The summed E-state index contributed by atoms with van der Waals surface area (Å²) in [6, 6.07) is 12.2. The average molecular weight is 268 g/mol. The third-order valence-electron chi connectivity index (χ3n) is 3.07. The summed E-state index contributed by atoms with van der Waals surface area (Å²) in [7, 11) is 0. The molecule has 0 fully saturated rings. The second-order valence-electron chi connectivity index (χ2n) is 4.59. The van der Waals surface area contributed by atoms with Crippen LogP contribution in [0.3, 0.4) is 0 Å². The van der Waals surface area contributed by atoms with Crippen LogP contribution in [0.2, 0.25) is 0 Å². The summed E-state index contributed by atoms with van der Waals surface area (Å²) in [4.78, 5) is 4.17. The van der Waals surface area contributed by atoms with Crippen LogP contribution in [0, 0.1) is 12.7 Å². The van der Waals surface area contributed by atoms with Crippen LogP contribution in [0.1, 0.15) is 5.56 Å². The molecule has 3 aromatic rings. The number of halogens is 1. The molecule has 0 amide bonds. The van der Waals surface area contributed by atoms with Crippen molar-refractivity contribution in [2.45, 2.75) is 6.92 Å². The number of nitrogens with two attached hydrogens (primary N) is 1. The van der Waals surface area contributed by atoms with E-state index in [0.717, 1.165) is 5.56 Å². The monoisotopic (exact) mass is 268 g/mol. The van der Waals surface area contributed by atoms with Crippen molar-refractivity contribution in [2.75, 3.05) is 5.73 Å². The number of aromatic nitrogens is 1. The largest absolute Gasteiger partial charge is 0.452 e. The Morgan fingerprint density at radius 2 is 1.90 bits per heavy atom. The van der Waals surface area contributed by atoms with Gasteiger partial charge in [-0.3, -0.25) is 4.98 Å². The molecular weight excluding hydrogens is 255 g/mol. The minimum absolute atomic E-state index is 0.0960. The number of hydrogen-bond acceptors (Lipinski definition) is 3. The maximum absolute atomic E-state index is 14.1. The van der Waals surface area contributed by atoms with Crippen LogP contribution < -0.4 is 10.5 Å². The van der Waals surface area contributed by atoms with Gasteiger partial charge in [0.1, 0.15) is 11.3 Å². The van der Waals surface area contributed by atoms with Gasteiger partial charge in [-0.1, -0.05) is 17.7 Å². The van der Waals surface area contributed by atoms with E-state index in [0.29, 0.717) is 22.3 Å². The summed E-state index contributed by atoms with van der Waals surface area (Å²) in [6.07, 6.45) is 1.59. The number of nitrogen functional groups attached to an aromatic ring is 1. The predicted octanol–water partition coefficient (Wildman–Crippen LogP) is 4.06. The van der Waals surface area contributed by atoms with Crippen molar-refractivity contribution in [3.8, 4) is 11.5 Å². The molecule has 2 aromatic carbocycles. The number of fused-ring (bicyclic) bond motifs is 1. The molecule has 0 aliphatic carbocycles. The predicted molar refractivity (Wildman–Crippen MR) is 77.4 cm³/mol. The Hall–Kier alpha value is -2.62. The minimum Gasteiger partial charge on any atom is -0.452 e. The average Bonchev–Trinajstić information content (AvgIpc) is 2.45. The van der Waals surface area contributed by atoms with Crippen LogP contribution in [-0.4, -0.2) is 4.98 Å². The Morgan fingerprint density at radius 1 is 1.15 bits per heavy atom. The van der Waals surface area contributed by atoms with E-state index in [4.69, 9.17) is 10.5 Å². The molecule has 4 heteroatoms. The molecule has 0 radical (unpaired) electrons. The van der Waals surface area contributed by atoms with Crippen molar-refractivity contribution in [2.24, 2.45) is 0 Å². The number of nitrogens with zero attached hydrogens (tertiary/aromatic N) is 1. The van der Waals surface area contributed by atoms with Gasteiger partial charge in [0.05, 0.1) is 0 Å². The van der Waals surface area contributed by atoms with Crippen LogP contribution in [0.5, 0.6) is 11.5 Å². The van der Waals surface area contributed by atoms with Crippen molar-refractivity contribution >= 4 is 16.6 Å². The third-order valence-corrected chi connectivity index (χ3v) is 3.07. The first-order valence-electron chi connectivity index (χ1n) is 6.22. The first-order chi connectivity index (χ1) is 9.65. The zero-order valence-corrected chi connectivity index (χ0v) is 10.9. The van der Waals surface area contributed by atoms with E-state index < -0.39 is 5.82 Å². The van der Waals surface area contributed by atoms with Gasteiger partial charge in [0.25, 0.3) is 0 Å². The van der Waals surface area contributed by atoms with Crippen molar-refractivity contribution in [3.63, 3.8) is 0 Å². The van der Waals surface area contributed by atoms with E-state index in [-0.39, 0.29) is 5.75 Å². The Bertz CT molecular complexity index is 769. The fourth-order valence-electron chi connectivity index (χ4n) is 2.03. The standard InChI is InChI=1S/C16H13FN2O/c1-10-4-6-11(7-5-10)20-16-13(17)9-14(18)12-3-2-8-19-15(12)16/h2-9H,18H2,1H3. The molecule has 0 saturated heterocycles. The molecule has 0 unspecified atom stereocenters. The highest BCUT2D eigenvalue weighted by Gasteiger charge is 2.14. The fraction of sp³-hybridized carbons (Fsp3) is 0.0625. The number of pyridine rings is 1. The van der Waals surface area contributed by atoms with Crippen molar-refractivity contribution in [1.29, 1.82) is 0 Å². The highest BCUT2D eigenvalue weighted by molar-refractivity contribution is 5.94. The van der Waals surface area contributed by atoms with Crippen LogP contribution in [0.25, 0.3) is 10.9 Å². The first-order valence-corrected chi connectivity index (χ1v) is 6.22. The van der Waals surface area contributed by atoms with Gasteiger partial charge in [-0.15, -0.1) is 0 Å². The maximum Gasteiger partial charge on any atom is 0.189 e. The number of benzene rings is 2. The molecule has 1 aromatic heterocycles. The van der Waals surface area contributed by atoms with Gasteiger partial charge >= 0.3 is 0 Å². The van der Waals surface area contributed by atoms with Crippen LogP contribution >= 0.6 is 0 Å². The van der Waals surface area contributed by atoms with Gasteiger partial charge in [-0.2, -0.15) is 0 Å². The Morgan fingerprint density at radius 3 is 2.65 bits per heavy atom. The highest BCUT2D eigenvalue weighted by atomic mass is 19.1. The zero-order valence-electron chi connectivity index (χ0n) is 10.9.